The SMILES string of the molecule is CCCNC1c2cc(F)ccc2S(=O)C1C. The standard InChI is InChI=1S/C12H16FNOS/c1-3-6-14-12-8(2)16(15)11-5-4-9(13)7-10(11)12/h4-5,7-8,12,14H,3,6H2,1-2H3. The second-order valence-corrected chi connectivity index (χ2v) is 5.89. The van der Waals surface area contributed by atoms with Crippen LogP contribution in [0.5, 0.6) is 0 Å². The molecule has 0 saturated carbocycles. The van der Waals surface area contributed by atoms with E-state index in [2.05, 4.69) is 12.2 Å². The van der Waals surface area contributed by atoms with Crippen LogP contribution in [0.1, 0.15) is 31.9 Å². The molecule has 2 rings (SSSR count). The fraction of sp³-hybridized carbons (Fsp3) is 0.500. The normalized spacial score (nSPS) is 28.1. The number of rotatable bonds is 3. The summed E-state index contributed by atoms with van der Waals surface area (Å²) in [4.78, 5) is 0.780. The summed E-state index contributed by atoms with van der Waals surface area (Å²) >= 11 is 0. The van der Waals surface area contributed by atoms with Gasteiger partial charge in [-0.05, 0) is 43.7 Å². The van der Waals surface area contributed by atoms with Crippen LogP contribution in [-0.4, -0.2) is 16.0 Å². The molecule has 16 heavy (non-hydrogen) atoms. The molecule has 1 heterocycles. The van der Waals surface area contributed by atoms with Crippen LogP contribution in [-0.2, 0) is 10.8 Å². The highest BCUT2D eigenvalue weighted by Gasteiger charge is 2.35. The quantitative estimate of drug-likeness (QED) is 0.880. The van der Waals surface area contributed by atoms with Crippen LogP contribution in [0.25, 0.3) is 0 Å². The Labute approximate surface area is 97.7 Å². The topological polar surface area (TPSA) is 29.1 Å². The van der Waals surface area contributed by atoms with E-state index in [1.54, 1.807) is 6.07 Å². The Balaban J connectivity index is 2.35. The number of fused-ring (bicyclic) bond motifs is 1. The van der Waals surface area contributed by atoms with Crippen LogP contribution in [0.3, 0.4) is 0 Å². The third-order valence-corrected chi connectivity index (χ3v) is 4.70. The number of hydrogen-bond donors (Lipinski definition) is 1. The minimum atomic E-state index is -1.01. The first-order valence-electron chi connectivity index (χ1n) is 5.58. The highest BCUT2D eigenvalue weighted by molar-refractivity contribution is 7.86. The average molecular weight is 241 g/mol. The summed E-state index contributed by atoms with van der Waals surface area (Å²) in [6.45, 7) is 4.89. The Kier molecular flexibility index (Phi) is 3.40. The summed E-state index contributed by atoms with van der Waals surface area (Å²) in [7, 11) is -1.01. The van der Waals surface area contributed by atoms with Crippen molar-refractivity contribution >= 4 is 10.8 Å². The van der Waals surface area contributed by atoms with Crippen molar-refractivity contribution in [3.05, 3.63) is 29.6 Å². The van der Waals surface area contributed by atoms with E-state index in [-0.39, 0.29) is 17.1 Å². The summed E-state index contributed by atoms with van der Waals surface area (Å²) < 4.78 is 25.2. The molecule has 1 N–H and O–H groups in total. The number of nitrogens with one attached hydrogen (secondary N) is 1. The first-order chi connectivity index (χ1) is 7.65. The van der Waals surface area contributed by atoms with Crippen molar-refractivity contribution in [2.24, 2.45) is 0 Å². The van der Waals surface area contributed by atoms with Crippen LogP contribution in [0.2, 0.25) is 0 Å². The zero-order chi connectivity index (χ0) is 11.7. The molecule has 0 amide bonds. The maximum Gasteiger partial charge on any atom is 0.123 e. The molecule has 1 aromatic rings. The summed E-state index contributed by atoms with van der Waals surface area (Å²) in [5.74, 6) is -0.256. The van der Waals surface area contributed by atoms with E-state index in [9.17, 15) is 8.60 Å². The van der Waals surface area contributed by atoms with Gasteiger partial charge >= 0.3 is 0 Å². The lowest BCUT2D eigenvalue weighted by Gasteiger charge is -2.16. The Morgan fingerprint density at radius 1 is 1.50 bits per heavy atom. The number of benzene rings is 1. The number of halogens is 1. The molecule has 2 nitrogen and oxygen atoms in total. The molecular weight excluding hydrogens is 225 g/mol. The lowest BCUT2D eigenvalue weighted by atomic mass is 10.0. The molecule has 0 bridgehead atoms. The van der Waals surface area contributed by atoms with E-state index in [4.69, 9.17) is 0 Å². The zero-order valence-corrected chi connectivity index (χ0v) is 10.3. The predicted octanol–water partition coefficient (Wildman–Crippen LogP) is 2.38. The van der Waals surface area contributed by atoms with Crippen LogP contribution >= 0.6 is 0 Å². The van der Waals surface area contributed by atoms with Gasteiger partial charge in [0.1, 0.15) is 5.82 Å². The molecule has 0 aromatic heterocycles. The monoisotopic (exact) mass is 241 g/mol. The Bertz CT molecular complexity index is 421. The summed E-state index contributed by atoms with van der Waals surface area (Å²) in [6.07, 6.45) is 1.01. The largest absolute Gasteiger partial charge is 0.309 e. The highest BCUT2D eigenvalue weighted by atomic mass is 32.2. The van der Waals surface area contributed by atoms with Gasteiger partial charge in [-0.2, -0.15) is 0 Å². The Morgan fingerprint density at radius 3 is 2.94 bits per heavy atom. The molecule has 3 atom stereocenters. The summed E-state index contributed by atoms with van der Waals surface area (Å²) in [5.41, 5.74) is 0.860. The third kappa shape index (κ3) is 1.92. The van der Waals surface area contributed by atoms with Gasteiger partial charge in [0.15, 0.2) is 0 Å². The van der Waals surface area contributed by atoms with Gasteiger partial charge in [-0.3, -0.25) is 4.21 Å². The van der Waals surface area contributed by atoms with Crippen molar-refractivity contribution in [1.29, 1.82) is 0 Å². The van der Waals surface area contributed by atoms with E-state index in [1.807, 2.05) is 6.92 Å². The molecule has 1 aromatic carbocycles. The lowest BCUT2D eigenvalue weighted by Crippen LogP contribution is -2.28. The van der Waals surface area contributed by atoms with Crippen LogP contribution < -0.4 is 5.32 Å². The van der Waals surface area contributed by atoms with Crippen molar-refractivity contribution in [2.75, 3.05) is 6.54 Å². The molecule has 1 aliphatic rings. The first kappa shape index (κ1) is 11.7. The molecule has 0 spiro atoms. The zero-order valence-electron chi connectivity index (χ0n) is 9.50. The lowest BCUT2D eigenvalue weighted by molar-refractivity contribution is 0.522. The van der Waals surface area contributed by atoms with E-state index in [0.29, 0.717) is 0 Å². The van der Waals surface area contributed by atoms with Gasteiger partial charge in [0.2, 0.25) is 0 Å². The van der Waals surface area contributed by atoms with Gasteiger partial charge in [-0.1, -0.05) is 6.92 Å². The van der Waals surface area contributed by atoms with Crippen molar-refractivity contribution < 1.29 is 8.60 Å². The smallest absolute Gasteiger partial charge is 0.123 e. The summed E-state index contributed by atoms with van der Waals surface area (Å²) in [6, 6.07) is 4.55. The predicted molar refractivity (Wildman–Crippen MR) is 63.3 cm³/mol. The second kappa shape index (κ2) is 4.63. The minimum absolute atomic E-state index is 0.0170. The Morgan fingerprint density at radius 2 is 2.25 bits per heavy atom. The van der Waals surface area contributed by atoms with E-state index in [0.717, 1.165) is 23.4 Å². The molecule has 0 fully saturated rings. The van der Waals surface area contributed by atoms with Gasteiger partial charge in [0, 0.05) is 10.9 Å². The van der Waals surface area contributed by atoms with E-state index in [1.165, 1.54) is 12.1 Å². The summed E-state index contributed by atoms with van der Waals surface area (Å²) in [5, 5.41) is 3.35. The highest BCUT2D eigenvalue weighted by Crippen LogP contribution is 2.36. The maximum absolute atomic E-state index is 13.2. The van der Waals surface area contributed by atoms with Gasteiger partial charge in [0.25, 0.3) is 0 Å². The van der Waals surface area contributed by atoms with Crippen LogP contribution in [0, 0.1) is 5.82 Å². The van der Waals surface area contributed by atoms with E-state index >= 15 is 0 Å². The van der Waals surface area contributed by atoms with Crippen molar-refractivity contribution in [3.8, 4) is 0 Å². The molecule has 3 unspecified atom stereocenters. The molecule has 0 radical (unpaired) electrons. The fourth-order valence-corrected chi connectivity index (χ4v) is 3.61. The molecule has 0 aliphatic carbocycles. The Hall–Kier alpha value is -0.740. The third-order valence-electron chi connectivity index (χ3n) is 2.94. The van der Waals surface area contributed by atoms with Gasteiger partial charge in [-0.25, -0.2) is 4.39 Å². The molecule has 0 saturated heterocycles. The van der Waals surface area contributed by atoms with Gasteiger partial charge < -0.3 is 5.32 Å². The molecule has 88 valence electrons. The second-order valence-electron chi connectivity index (χ2n) is 4.12. The van der Waals surface area contributed by atoms with Crippen LogP contribution in [0.4, 0.5) is 4.39 Å². The molecular formula is C12H16FNOS. The van der Waals surface area contributed by atoms with Gasteiger partial charge in [0.05, 0.1) is 16.0 Å². The van der Waals surface area contributed by atoms with E-state index < -0.39 is 10.8 Å². The van der Waals surface area contributed by atoms with Crippen molar-refractivity contribution in [1.82, 2.24) is 5.32 Å². The van der Waals surface area contributed by atoms with Crippen molar-refractivity contribution in [2.45, 2.75) is 36.5 Å². The van der Waals surface area contributed by atoms with Gasteiger partial charge in [-0.15, -0.1) is 0 Å². The van der Waals surface area contributed by atoms with Crippen LogP contribution in [0.15, 0.2) is 23.1 Å². The molecule has 4 heteroatoms. The maximum atomic E-state index is 13.2. The molecule has 1 aliphatic heterocycles. The average Bonchev–Trinajstić information content (AvgIpc) is 2.50. The minimum Gasteiger partial charge on any atom is -0.309 e. The van der Waals surface area contributed by atoms with Crippen molar-refractivity contribution in [3.63, 3.8) is 0 Å². The number of hydrogen-bond acceptors (Lipinski definition) is 2. The fourth-order valence-electron chi connectivity index (χ4n) is 2.10. The first-order valence-corrected chi connectivity index (χ1v) is 6.80.